The largest absolute Gasteiger partial charge is 0.352 e. The molecule has 2 heteroatoms. The second-order valence-corrected chi connectivity index (χ2v) is 4.54. The Hall–Kier alpha value is -1.57. The molecular weight excluding hydrogens is 210 g/mol. The maximum Gasteiger partial charge on any atom is 0.251 e. The summed E-state index contributed by atoms with van der Waals surface area (Å²) in [7, 11) is 0. The van der Waals surface area contributed by atoms with E-state index in [1.54, 1.807) is 0 Å². The van der Waals surface area contributed by atoms with Gasteiger partial charge >= 0.3 is 0 Å². The highest BCUT2D eigenvalue weighted by molar-refractivity contribution is 5.94. The molecule has 0 radical (unpaired) electrons. The van der Waals surface area contributed by atoms with Gasteiger partial charge in [-0.3, -0.25) is 4.79 Å². The van der Waals surface area contributed by atoms with E-state index in [1.807, 2.05) is 30.3 Å². The van der Waals surface area contributed by atoms with E-state index in [-0.39, 0.29) is 5.91 Å². The topological polar surface area (TPSA) is 29.1 Å². The van der Waals surface area contributed by atoms with Crippen LogP contribution in [0.5, 0.6) is 0 Å². The molecule has 0 aliphatic heterocycles. The first-order chi connectivity index (χ1) is 8.11. The Morgan fingerprint density at radius 2 is 1.94 bits per heavy atom. The summed E-state index contributed by atoms with van der Waals surface area (Å²) in [4.78, 5) is 11.7. The second-order valence-electron chi connectivity index (χ2n) is 4.54. The quantitative estimate of drug-likeness (QED) is 0.590. The van der Waals surface area contributed by atoms with Crippen molar-refractivity contribution >= 4 is 5.91 Å². The van der Waals surface area contributed by atoms with Crippen LogP contribution in [-0.4, -0.2) is 12.5 Å². The monoisotopic (exact) mass is 231 g/mol. The fourth-order valence-corrected chi connectivity index (χ4v) is 1.50. The molecule has 0 heterocycles. The van der Waals surface area contributed by atoms with E-state index in [4.69, 9.17) is 0 Å². The van der Waals surface area contributed by atoms with E-state index < -0.39 is 0 Å². The molecule has 0 fully saturated rings. The molecule has 0 saturated carbocycles. The summed E-state index contributed by atoms with van der Waals surface area (Å²) in [5.74, 6) is 0.528. The maximum absolute atomic E-state index is 11.7. The summed E-state index contributed by atoms with van der Waals surface area (Å²) in [6, 6.07) is 9.29. The minimum Gasteiger partial charge on any atom is -0.352 e. The van der Waals surface area contributed by atoms with Gasteiger partial charge in [0, 0.05) is 12.1 Å². The van der Waals surface area contributed by atoms with Gasteiger partial charge in [0.15, 0.2) is 0 Å². The molecule has 1 aromatic carbocycles. The van der Waals surface area contributed by atoms with Crippen molar-refractivity contribution in [3.8, 4) is 0 Å². The minimum absolute atomic E-state index is 0.000703. The van der Waals surface area contributed by atoms with Crippen LogP contribution in [-0.2, 0) is 0 Å². The van der Waals surface area contributed by atoms with Gasteiger partial charge in [-0.2, -0.15) is 0 Å². The summed E-state index contributed by atoms with van der Waals surface area (Å²) in [6.45, 7) is 9.01. The van der Waals surface area contributed by atoms with Crippen LogP contribution < -0.4 is 5.32 Å². The van der Waals surface area contributed by atoms with Crippen LogP contribution in [0.2, 0.25) is 0 Å². The van der Waals surface area contributed by atoms with Crippen molar-refractivity contribution in [1.29, 1.82) is 0 Å². The Kier molecular flexibility index (Phi) is 5.47. The van der Waals surface area contributed by atoms with Crippen LogP contribution in [0.15, 0.2) is 42.5 Å². The lowest BCUT2D eigenvalue weighted by molar-refractivity contribution is 0.0953. The molecule has 1 aromatic rings. The summed E-state index contributed by atoms with van der Waals surface area (Å²) in [5.41, 5.74) is 1.97. The Morgan fingerprint density at radius 1 is 1.29 bits per heavy atom. The zero-order valence-corrected chi connectivity index (χ0v) is 10.7. The van der Waals surface area contributed by atoms with Crippen molar-refractivity contribution in [2.24, 2.45) is 5.92 Å². The Bertz CT molecular complexity index is 368. The van der Waals surface area contributed by atoms with E-state index in [2.05, 4.69) is 25.7 Å². The molecular formula is C15H21NO. The number of carbonyl (C=O) groups excluding carboxylic acids is 1. The molecule has 92 valence electrons. The molecule has 0 bridgehead atoms. The molecule has 17 heavy (non-hydrogen) atoms. The fourth-order valence-electron chi connectivity index (χ4n) is 1.50. The van der Waals surface area contributed by atoms with Gasteiger partial charge in [-0.15, -0.1) is 0 Å². The average molecular weight is 231 g/mol. The third-order valence-corrected chi connectivity index (χ3v) is 2.81. The molecule has 0 aromatic heterocycles. The lowest BCUT2D eigenvalue weighted by Gasteiger charge is -2.09. The summed E-state index contributed by atoms with van der Waals surface area (Å²) in [6.07, 6.45) is 1.93. The third kappa shape index (κ3) is 4.85. The number of hydrogen-bond donors (Lipinski definition) is 1. The summed E-state index contributed by atoms with van der Waals surface area (Å²) < 4.78 is 0. The number of amides is 1. The predicted molar refractivity (Wildman–Crippen MR) is 72.0 cm³/mol. The SMILES string of the molecule is C=C(CCCNC(=O)c1ccccc1)C(C)C. The van der Waals surface area contributed by atoms with Crippen LogP contribution >= 0.6 is 0 Å². The van der Waals surface area contributed by atoms with Crippen LogP contribution in [0.4, 0.5) is 0 Å². The smallest absolute Gasteiger partial charge is 0.251 e. The van der Waals surface area contributed by atoms with Crippen LogP contribution in [0, 0.1) is 5.92 Å². The zero-order chi connectivity index (χ0) is 12.7. The highest BCUT2D eigenvalue weighted by Gasteiger charge is 2.04. The van der Waals surface area contributed by atoms with Gasteiger partial charge in [-0.05, 0) is 30.9 Å². The molecule has 0 atom stereocenters. The van der Waals surface area contributed by atoms with E-state index in [0.717, 1.165) is 18.4 Å². The number of hydrogen-bond acceptors (Lipinski definition) is 1. The van der Waals surface area contributed by atoms with Crippen LogP contribution in [0.25, 0.3) is 0 Å². The van der Waals surface area contributed by atoms with Crippen molar-refractivity contribution < 1.29 is 4.79 Å². The lowest BCUT2D eigenvalue weighted by Crippen LogP contribution is -2.24. The molecule has 0 unspecified atom stereocenters. The Morgan fingerprint density at radius 3 is 2.53 bits per heavy atom. The average Bonchev–Trinajstić information content (AvgIpc) is 2.35. The number of rotatable bonds is 6. The van der Waals surface area contributed by atoms with Gasteiger partial charge in [0.25, 0.3) is 5.91 Å². The summed E-state index contributed by atoms with van der Waals surface area (Å²) >= 11 is 0. The van der Waals surface area contributed by atoms with Gasteiger partial charge in [0.2, 0.25) is 0 Å². The highest BCUT2D eigenvalue weighted by atomic mass is 16.1. The van der Waals surface area contributed by atoms with E-state index in [9.17, 15) is 4.79 Å². The van der Waals surface area contributed by atoms with E-state index >= 15 is 0 Å². The second kappa shape index (κ2) is 6.89. The number of allylic oxidation sites excluding steroid dienone is 1. The highest BCUT2D eigenvalue weighted by Crippen LogP contribution is 2.12. The minimum atomic E-state index is 0.000703. The summed E-state index contributed by atoms with van der Waals surface area (Å²) in [5, 5.41) is 2.91. The van der Waals surface area contributed by atoms with Gasteiger partial charge in [-0.1, -0.05) is 44.2 Å². The Balaban J connectivity index is 2.24. The zero-order valence-electron chi connectivity index (χ0n) is 10.7. The number of nitrogens with one attached hydrogen (secondary N) is 1. The molecule has 0 aliphatic carbocycles. The van der Waals surface area contributed by atoms with Crippen molar-refractivity contribution in [2.75, 3.05) is 6.54 Å². The maximum atomic E-state index is 11.7. The molecule has 0 aliphatic rings. The van der Waals surface area contributed by atoms with Crippen molar-refractivity contribution in [3.63, 3.8) is 0 Å². The van der Waals surface area contributed by atoms with Gasteiger partial charge < -0.3 is 5.32 Å². The Labute approximate surface area is 104 Å². The van der Waals surface area contributed by atoms with Crippen molar-refractivity contribution in [1.82, 2.24) is 5.32 Å². The normalized spacial score (nSPS) is 10.3. The van der Waals surface area contributed by atoms with E-state index in [1.165, 1.54) is 5.57 Å². The molecule has 2 nitrogen and oxygen atoms in total. The van der Waals surface area contributed by atoms with Crippen molar-refractivity contribution in [3.05, 3.63) is 48.0 Å². The number of benzene rings is 1. The molecule has 0 saturated heterocycles. The van der Waals surface area contributed by atoms with Crippen LogP contribution in [0.3, 0.4) is 0 Å². The molecule has 1 N–H and O–H groups in total. The molecule has 1 amide bonds. The number of carbonyl (C=O) groups is 1. The lowest BCUT2D eigenvalue weighted by atomic mass is 10.0. The van der Waals surface area contributed by atoms with Gasteiger partial charge in [0.05, 0.1) is 0 Å². The first-order valence-corrected chi connectivity index (χ1v) is 6.12. The molecule has 0 spiro atoms. The van der Waals surface area contributed by atoms with E-state index in [0.29, 0.717) is 12.5 Å². The third-order valence-electron chi connectivity index (χ3n) is 2.81. The first-order valence-electron chi connectivity index (χ1n) is 6.12. The van der Waals surface area contributed by atoms with Gasteiger partial charge in [0.1, 0.15) is 0 Å². The van der Waals surface area contributed by atoms with Crippen molar-refractivity contribution in [2.45, 2.75) is 26.7 Å². The predicted octanol–water partition coefficient (Wildman–Crippen LogP) is 3.41. The standard InChI is InChI=1S/C15H21NO/c1-12(2)13(3)8-7-11-16-15(17)14-9-5-4-6-10-14/h4-6,9-10,12H,3,7-8,11H2,1-2H3,(H,16,17). The van der Waals surface area contributed by atoms with Crippen LogP contribution in [0.1, 0.15) is 37.0 Å². The fraction of sp³-hybridized carbons (Fsp3) is 0.400. The first kappa shape index (κ1) is 13.5. The molecule has 1 rings (SSSR count). The van der Waals surface area contributed by atoms with Gasteiger partial charge in [-0.25, -0.2) is 0 Å².